The first-order chi connectivity index (χ1) is 10.1. The van der Waals surface area contributed by atoms with Crippen molar-refractivity contribution in [3.05, 3.63) is 99.7 Å². The molecule has 0 fully saturated rings. The molecule has 0 bridgehead atoms. The van der Waals surface area contributed by atoms with Crippen molar-refractivity contribution in [2.75, 3.05) is 0 Å². The molecule has 1 aromatic carbocycles. The SMILES string of the molecule is C=CC.C=CC.C=CC.C=CC.C=CC.[K+].c1ccccc1. The second kappa shape index (κ2) is 70.5. The molecule has 0 aromatic heterocycles. The normalized spacial score (nSPS) is 5.14. The predicted molar refractivity (Wildman–Crippen MR) is 106 cm³/mol. The Morgan fingerprint density at radius 3 is 0.500 bits per heavy atom. The molecule has 0 amide bonds. The van der Waals surface area contributed by atoms with Crippen LogP contribution in [-0.4, -0.2) is 0 Å². The zero-order valence-electron chi connectivity index (χ0n) is 15.9. The minimum atomic E-state index is 0. The molecule has 120 valence electrons. The number of allylic oxidation sites excluding steroid dienone is 5. The number of rotatable bonds is 0. The molecule has 0 heterocycles. The van der Waals surface area contributed by atoms with Gasteiger partial charge < -0.3 is 0 Å². The Hall–Kier alpha value is -0.444. The van der Waals surface area contributed by atoms with E-state index >= 15 is 0 Å². The molecule has 0 N–H and O–H groups in total. The Balaban J connectivity index is -0.0000000361. The van der Waals surface area contributed by atoms with Crippen LogP contribution in [0.3, 0.4) is 0 Å². The molecule has 0 aliphatic rings. The predicted octanol–water partition coefficient (Wildman–Crippen LogP) is 4.65. The van der Waals surface area contributed by atoms with Gasteiger partial charge in [-0.1, -0.05) is 66.8 Å². The van der Waals surface area contributed by atoms with Crippen molar-refractivity contribution in [3.63, 3.8) is 0 Å². The van der Waals surface area contributed by atoms with Gasteiger partial charge in [0.25, 0.3) is 0 Å². The van der Waals surface area contributed by atoms with Crippen molar-refractivity contribution in [2.24, 2.45) is 0 Å². The van der Waals surface area contributed by atoms with Crippen LogP contribution >= 0.6 is 0 Å². The first-order valence-corrected chi connectivity index (χ1v) is 6.93. The third kappa shape index (κ3) is 218. The van der Waals surface area contributed by atoms with Crippen LogP contribution in [0.25, 0.3) is 0 Å². The second-order valence-electron chi connectivity index (χ2n) is 3.20. The summed E-state index contributed by atoms with van der Waals surface area (Å²) in [6.45, 7) is 26.2. The van der Waals surface area contributed by atoms with Crippen LogP contribution in [0, 0.1) is 0 Å². The first kappa shape index (κ1) is 37.6. The minimum Gasteiger partial charge on any atom is -0.103 e. The van der Waals surface area contributed by atoms with E-state index in [-0.39, 0.29) is 51.4 Å². The quantitative estimate of drug-likeness (QED) is 0.480. The molecule has 0 unspecified atom stereocenters. The van der Waals surface area contributed by atoms with E-state index in [1.807, 2.05) is 71.0 Å². The van der Waals surface area contributed by atoms with E-state index in [1.54, 1.807) is 30.4 Å². The topological polar surface area (TPSA) is 0 Å². The molecule has 0 saturated heterocycles. The van der Waals surface area contributed by atoms with Crippen LogP contribution < -0.4 is 51.4 Å². The van der Waals surface area contributed by atoms with Crippen molar-refractivity contribution >= 4 is 0 Å². The Kier molecular flexibility index (Phi) is 121. The summed E-state index contributed by atoms with van der Waals surface area (Å²) >= 11 is 0. The maximum Gasteiger partial charge on any atom is 1.00 e. The van der Waals surface area contributed by atoms with Gasteiger partial charge in [-0.2, -0.15) is 0 Å². The van der Waals surface area contributed by atoms with Crippen molar-refractivity contribution in [1.29, 1.82) is 0 Å². The van der Waals surface area contributed by atoms with Crippen molar-refractivity contribution in [2.45, 2.75) is 34.6 Å². The molecular formula is C21H36K+. The molecule has 1 heteroatoms. The third-order valence-corrected chi connectivity index (χ3v) is 0.667. The summed E-state index contributed by atoms with van der Waals surface area (Å²) in [4.78, 5) is 0. The number of hydrogen-bond donors (Lipinski definition) is 0. The molecule has 22 heavy (non-hydrogen) atoms. The largest absolute Gasteiger partial charge is 1.00 e. The second-order valence-corrected chi connectivity index (χ2v) is 3.20. The average Bonchev–Trinajstić information content (AvgIpc) is 2.45. The van der Waals surface area contributed by atoms with Gasteiger partial charge in [-0.3, -0.25) is 0 Å². The van der Waals surface area contributed by atoms with Gasteiger partial charge in [0.1, 0.15) is 0 Å². The fourth-order valence-electron chi connectivity index (χ4n) is 0.385. The van der Waals surface area contributed by atoms with Gasteiger partial charge >= 0.3 is 51.4 Å². The molecule has 0 saturated carbocycles. The maximum absolute atomic E-state index is 3.36. The van der Waals surface area contributed by atoms with Crippen molar-refractivity contribution in [1.82, 2.24) is 0 Å². The number of hydrogen-bond acceptors (Lipinski definition) is 0. The van der Waals surface area contributed by atoms with Crippen LogP contribution in [0.2, 0.25) is 0 Å². The van der Waals surface area contributed by atoms with E-state index in [9.17, 15) is 0 Å². The first-order valence-electron chi connectivity index (χ1n) is 6.93. The summed E-state index contributed by atoms with van der Waals surface area (Å²) < 4.78 is 0. The van der Waals surface area contributed by atoms with E-state index in [0.717, 1.165) is 0 Å². The Morgan fingerprint density at radius 1 is 0.409 bits per heavy atom. The van der Waals surface area contributed by atoms with E-state index in [4.69, 9.17) is 0 Å². The van der Waals surface area contributed by atoms with Crippen LogP contribution in [0.1, 0.15) is 34.6 Å². The van der Waals surface area contributed by atoms with Crippen molar-refractivity contribution in [3.8, 4) is 0 Å². The van der Waals surface area contributed by atoms with Crippen LogP contribution in [-0.2, 0) is 0 Å². The summed E-state index contributed by atoms with van der Waals surface area (Å²) in [5.74, 6) is 0. The average molecular weight is 328 g/mol. The van der Waals surface area contributed by atoms with Gasteiger partial charge in [-0.15, -0.1) is 32.9 Å². The van der Waals surface area contributed by atoms with Gasteiger partial charge in [0.2, 0.25) is 0 Å². The molecule has 0 atom stereocenters. The van der Waals surface area contributed by atoms with Gasteiger partial charge in [-0.25, -0.2) is 0 Å². The monoisotopic (exact) mass is 327 g/mol. The maximum atomic E-state index is 3.36. The molecule has 0 radical (unpaired) electrons. The fraction of sp³-hybridized carbons (Fsp3) is 0.238. The van der Waals surface area contributed by atoms with Crippen LogP contribution in [0.15, 0.2) is 99.7 Å². The molecule has 1 aromatic rings. The van der Waals surface area contributed by atoms with Crippen molar-refractivity contribution < 1.29 is 51.4 Å². The zero-order chi connectivity index (χ0) is 17.8. The standard InChI is InChI=1S/C6H6.5C3H6.K/c1-2-4-6-5-3-1;5*1-3-2;/h1-6H;5*3H,1H2,2H3;/q;;;;;;+1. The summed E-state index contributed by atoms with van der Waals surface area (Å²) in [7, 11) is 0. The fourth-order valence-corrected chi connectivity index (χ4v) is 0.385. The summed E-state index contributed by atoms with van der Waals surface area (Å²) in [6, 6.07) is 12.0. The third-order valence-electron chi connectivity index (χ3n) is 0.667. The Bertz CT molecular complexity index is 212. The molecule has 0 spiro atoms. The zero-order valence-corrected chi connectivity index (χ0v) is 19.0. The smallest absolute Gasteiger partial charge is 0.103 e. The molecular weight excluding hydrogens is 291 g/mol. The van der Waals surface area contributed by atoms with Gasteiger partial charge in [0, 0.05) is 0 Å². The summed E-state index contributed by atoms with van der Waals surface area (Å²) in [5.41, 5.74) is 0. The summed E-state index contributed by atoms with van der Waals surface area (Å²) in [5, 5.41) is 0. The van der Waals surface area contributed by atoms with E-state index in [2.05, 4.69) is 32.9 Å². The van der Waals surface area contributed by atoms with Crippen LogP contribution in [0.5, 0.6) is 0 Å². The Morgan fingerprint density at radius 2 is 0.455 bits per heavy atom. The van der Waals surface area contributed by atoms with Gasteiger partial charge in [-0.05, 0) is 34.6 Å². The molecule has 1 rings (SSSR count). The minimum absolute atomic E-state index is 0. The molecule has 0 aliphatic carbocycles. The molecule has 0 aliphatic heterocycles. The van der Waals surface area contributed by atoms with E-state index < -0.39 is 0 Å². The Labute approximate surface area is 183 Å². The van der Waals surface area contributed by atoms with E-state index in [0.29, 0.717) is 0 Å². The number of benzene rings is 1. The molecule has 0 nitrogen and oxygen atoms in total. The van der Waals surface area contributed by atoms with Gasteiger partial charge in [0.05, 0.1) is 0 Å². The van der Waals surface area contributed by atoms with Crippen LogP contribution in [0.4, 0.5) is 0 Å². The summed E-state index contributed by atoms with van der Waals surface area (Å²) in [6.07, 6.45) is 8.75. The van der Waals surface area contributed by atoms with E-state index in [1.165, 1.54) is 0 Å². The van der Waals surface area contributed by atoms with Gasteiger partial charge in [0.15, 0.2) is 0 Å².